The zero-order valence-corrected chi connectivity index (χ0v) is 11.0. The summed E-state index contributed by atoms with van der Waals surface area (Å²) in [6.07, 6.45) is 0.584. The van der Waals surface area contributed by atoms with Crippen molar-refractivity contribution in [3.63, 3.8) is 0 Å². The molecule has 0 aromatic heterocycles. The summed E-state index contributed by atoms with van der Waals surface area (Å²) in [6.45, 7) is 0. The Morgan fingerprint density at radius 3 is 2.50 bits per heavy atom. The van der Waals surface area contributed by atoms with Gasteiger partial charge >= 0.3 is 0 Å². The maximum absolute atomic E-state index is 13.1. The summed E-state index contributed by atoms with van der Waals surface area (Å²) in [6, 6.07) is 11.4. The molecule has 0 spiro atoms. The van der Waals surface area contributed by atoms with E-state index in [1.54, 1.807) is 18.2 Å². The molecule has 94 valence electrons. The third-order valence-corrected chi connectivity index (χ3v) is 3.46. The van der Waals surface area contributed by atoms with Crippen molar-refractivity contribution >= 4 is 23.2 Å². The average Bonchev–Trinajstić information content (AvgIpc) is 2.34. The molecule has 0 aliphatic rings. The van der Waals surface area contributed by atoms with Crippen molar-refractivity contribution in [2.45, 2.75) is 12.5 Å². The molecule has 0 fully saturated rings. The van der Waals surface area contributed by atoms with Crippen molar-refractivity contribution in [2.24, 2.45) is 5.73 Å². The van der Waals surface area contributed by atoms with E-state index in [9.17, 15) is 4.39 Å². The van der Waals surface area contributed by atoms with Crippen LogP contribution in [0.15, 0.2) is 42.5 Å². The summed E-state index contributed by atoms with van der Waals surface area (Å²) >= 11 is 11.8. The molecular formula is C14H12Cl2FN. The number of rotatable bonds is 3. The van der Waals surface area contributed by atoms with Crippen molar-refractivity contribution < 1.29 is 4.39 Å². The predicted molar refractivity (Wildman–Crippen MR) is 73.5 cm³/mol. The van der Waals surface area contributed by atoms with Crippen LogP contribution in [-0.2, 0) is 6.42 Å². The van der Waals surface area contributed by atoms with Gasteiger partial charge in [0.2, 0.25) is 0 Å². The van der Waals surface area contributed by atoms with Crippen LogP contribution in [0.5, 0.6) is 0 Å². The molecule has 2 aromatic carbocycles. The van der Waals surface area contributed by atoms with Gasteiger partial charge in [0.15, 0.2) is 0 Å². The molecule has 0 heterocycles. The Balaban J connectivity index is 2.16. The predicted octanol–water partition coefficient (Wildman–Crippen LogP) is 4.38. The van der Waals surface area contributed by atoms with Crippen LogP contribution in [0.1, 0.15) is 17.2 Å². The van der Waals surface area contributed by atoms with Crippen LogP contribution < -0.4 is 5.73 Å². The maximum Gasteiger partial charge on any atom is 0.123 e. The van der Waals surface area contributed by atoms with Gasteiger partial charge in [-0.05, 0) is 41.8 Å². The van der Waals surface area contributed by atoms with Gasteiger partial charge in [-0.25, -0.2) is 4.39 Å². The summed E-state index contributed by atoms with van der Waals surface area (Å²) in [5, 5.41) is 1.01. The molecule has 18 heavy (non-hydrogen) atoms. The van der Waals surface area contributed by atoms with E-state index in [0.29, 0.717) is 16.5 Å². The minimum atomic E-state index is -0.280. The molecule has 0 aliphatic heterocycles. The van der Waals surface area contributed by atoms with Crippen molar-refractivity contribution in [1.29, 1.82) is 0 Å². The number of nitrogens with two attached hydrogens (primary N) is 1. The monoisotopic (exact) mass is 283 g/mol. The summed E-state index contributed by atoms with van der Waals surface area (Å²) in [5.74, 6) is -0.280. The Labute approximate surface area is 115 Å². The van der Waals surface area contributed by atoms with Gasteiger partial charge in [0.25, 0.3) is 0 Å². The standard InChI is InChI=1S/C14H12Cl2FN/c15-12-5-4-9(6-13(12)16)7-14(18)10-2-1-3-11(17)8-10/h1-6,8,14H,7,18H2. The lowest BCUT2D eigenvalue weighted by Gasteiger charge is -2.12. The zero-order valence-electron chi connectivity index (χ0n) is 9.54. The van der Waals surface area contributed by atoms with Gasteiger partial charge in [0.05, 0.1) is 10.0 Å². The largest absolute Gasteiger partial charge is 0.324 e. The number of benzene rings is 2. The average molecular weight is 284 g/mol. The van der Waals surface area contributed by atoms with Crippen molar-refractivity contribution in [3.05, 3.63) is 69.5 Å². The van der Waals surface area contributed by atoms with E-state index in [-0.39, 0.29) is 11.9 Å². The Hall–Kier alpha value is -1.09. The molecule has 2 aromatic rings. The highest BCUT2D eigenvalue weighted by Gasteiger charge is 2.09. The molecule has 1 atom stereocenters. The Kier molecular flexibility index (Phi) is 4.23. The second-order valence-corrected chi connectivity index (χ2v) is 4.93. The van der Waals surface area contributed by atoms with E-state index < -0.39 is 0 Å². The molecule has 0 radical (unpaired) electrons. The summed E-state index contributed by atoms with van der Waals surface area (Å²) in [7, 11) is 0. The molecule has 0 aliphatic carbocycles. The smallest absolute Gasteiger partial charge is 0.123 e. The van der Waals surface area contributed by atoms with Gasteiger partial charge in [0, 0.05) is 6.04 Å². The fourth-order valence-corrected chi connectivity index (χ4v) is 2.10. The van der Waals surface area contributed by atoms with Crippen LogP contribution in [-0.4, -0.2) is 0 Å². The molecule has 2 N–H and O–H groups in total. The van der Waals surface area contributed by atoms with Crippen molar-refractivity contribution in [2.75, 3.05) is 0 Å². The second-order valence-electron chi connectivity index (χ2n) is 4.11. The van der Waals surface area contributed by atoms with Crippen LogP contribution in [0.3, 0.4) is 0 Å². The van der Waals surface area contributed by atoms with Crippen LogP contribution in [0.2, 0.25) is 10.0 Å². The Bertz CT molecular complexity index is 557. The van der Waals surface area contributed by atoms with E-state index in [2.05, 4.69) is 0 Å². The van der Waals surface area contributed by atoms with Gasteiger partial charge in [-0.2, -0.15) is 0 Å². The molecular weight excluding hydrogens is 272 g/mol. The van der Waals surface area contributed by atoms with Gasteiger partial charge in [0.1, 0.15) is 5.82 Å². The Morgan fingerprint density at radius 2 is 1.83 bits per heavy atom. The van der Waals surface area contributed by atoms with Crippen molar-refractivity contribution in [1.82, 2.24) is 0 Å². The lowest BCUT2D eigenvalue weighted by molar-refractivity contribution is 0.618. The first kappa shape index (κ1) is 13.3. The molecule has 1 unspecified atom stereocenters. The third kappa shape index (κ3) is 3.22. The van der Waals surface area contributed by atoms with Crippen LogP contribution in [0.25, 0.3) is 0 Å². The first-order valence-electron chi connectivity index (χ1n) is 5.51. The molecule has 2 rings (SSSR count). The van der Waals surface area contributed by atoms with Gasteiger partial charge < -0.3 is 5.73 Å². The number of hydrogen-bond acceptors (Lipinski definition) is 1. The fraction of sp³-hybridized carbons (Fsp3) is 0.143. The van der Waals surface area contributed by atoms with E-state index in [1.165, 1.54) is 12.1 Å². The molecule has 0 amide bonds. The summed E-state index contributed by atoms with van der Waals surface area (Å²) in [4.78, 5) is 0. The zero-order chi connectivity index (χ0) is 13.1. The summed E-state index contributed by atoms with van der Waals surface area (Å²) < 4.78 is 13.1. The van der Waals surface area contributed by atoms with E-state index in [1.807, 2.05) is 12.1 Å². The first-order chi connectivity index (χ1) is 8.56. The maximum atomic E-state index is 13.1. The SMILES string of the molecule is NC(Cc1ccc(Cl)c(Cl)c1)c1cccc(F)c1. The number of halogens is 3. The van der Waals surface area contributed by atoms with Gasteiger partial charge in [-0.1, -0.05) is 41.4 Å². The fourth-order valence-electron chi connectivity index (χ4n) is 1.78. The van der Waals surface area contributed by atoms with Crippen LogP contribution in [0.4, 0.5) is 4.39 Å². The number of hydrogen-bond donors (Lipinski definition) is 1. The van der Waals surface area contributed by atoms with Gasteiger partial charge in [-0.3, -0.25) is 0 Å². The lowest BCUT2D eigenvalue weighted by atomic mass is 10.00. The molecule has 1 nitrogen and oxygen atoms in total. The Morgan fingerprint density at radius 1 is 1.06 bits per heavy atom. The third-order valence-electron chi connectivity index (χ3n) is 2.72. The highest BCUT2D eigenvalue weighted by molar-refractivity contribution is 6.42. The normalized spacial score (nSPS) is 12.4. The minimum Gasteiger partial charge on any atom is -0.324 e. The van der Waals surface area contributed by atoms with Gasteiger partial charge in [-0.15, -0.1) is 0 Å². The quantitative estimate of drug-likeness (QED) is 0.889. The first-order valence-corrected chi connectivity index (χ1v) is 6.27. The summed E-state index contributed by atoms with van der Waals surface area (Å²) in [5.41, 5.74) is 7.78. The molecule has 4 heteroatoms. The highest BCUT2D eigenvalue weighted by Crippen LogP contribution is 2.25. The second kappa shape index (κ2) is 5.70. The molecule has 0 saturated carbocycles. The molecule has 0 bridgehead atoms. The topological polar surface area (TPSA) is 26.0 Å². The highest BCUT2D eigenvalue weighted by atomic mass is 35.5. The minimum absolute atomic E-state index is 0.266. The van der Waals surface area contributed by atoms with E-state index >= 15 is 0 Å². The van der Waals surface area contributed by atoms with Crippen molar-refractivity contribution in [3.8, 4) is 0 Å². The van der Waals surface area contributed by atoms with E-state index in [4.69, 9.17) is 28.9 Å². The van der Waals surface area contributed by atoms with Crippen LogP contribution in [0, 0.1) is 5.82 Å². The van der Waals surface area contributed by atoms with Crippen LogP contribution >= 0.6 is 23.2 Å². The van der Waals surface area contributed by atoms with E-state index in [0.717, 1.165) is 11.1 Å². The molecule has 0 saturated heterocycles. The lowest BCUT2D eigenvalue weighted by Crippen LogP contribution is -2.13.